The van der Waals surface area contributed by atoms with E-state index in [1.54, 1.807) is 11.3 Å². The van der Waals surface area contributed by atoms with Crippen molar-refractivity contribution in [1.29, 1.82) is 0 Å². The zero-order valence-electron chi connectivity index (χ0n) is 13.8. The fourth-order valence-corrected chi connectivity index (χ4v) is 4.06. The molecule has 6 nitrogen and oxygen atoms in total. The third-order valence-electron chi connectivity index (χ3n) is 4.33. The molecule has 2 unspecified atom stereocenters. The predicted octanol–water partition coefficient (Wildman–Crippen LogP) is 1.84. The lowest BCUT2D eigenvalue weighted by molar-refractivity contribution is -0.137. The van der Waals surface area contributed by atoms with Crippen molar-refractivity contribution in [2.45, 2.75) is 44.8 Å². The van der Waals surface area contributed by atoms with E-state index in [1.165, 1.54) is 4.88 Å². The Morgan fingerprint density at radius 3 is 3.17 bits per heavy atom. The third-order valence-corrected chi connectivity index (χ3v) is 5.53. The van der Waals surface area contributed by atoms with E-state index in [9.17, 15) is 4.79 Å². The minimum Gasteiger partial charge on any atom is -0.378 e. The Labute approximate surface area is 141 Å². The van der Waals surface area contributed by atoms with Gasteiger partial charge in [0.2, 0.25) is 0 Å². The number of hydrogen-bond donors (Lipinski definition) is 1. The van der Waals surface area contributed by atoms with E-state index in [4.69, 9.17) is 9.47 Å². The second-order valence-electron chi connectivity index (χ2n) is 6.35. The molecule has 1 aromatic rings. The highest BCUT2D eigenvalue weighted by atomic mass is 32.1. The maximum absolute atomic E-state index is 12.4. The number of ether oxygens (including phenoxy) is 2. The van der Waals surface area contributed by atoms with E-state index in [0.29, 0.717) is 32.8 Å². The fourth-order valence-electron chi connectivity index (χ4n) is 3.20. The summed E-state index contributed by atoms with van der Waals surface area (Å²) in [6.45, 7) is 7.30. The van der Waals surface area contributed by atoms with E-state index in [0.717, 1.165) is 24.3 Å². The van der Waals surface area contributed by atoms with Crippen LogP contribution in [-0.4, -0.2) is 60.5 Å². The highest BCUT2D eigenvalue weighted by molar-refractivity contribution is 7.11. The number of thiazole rings is 1. The molecule has 2 saturated heterocycles. The van der Waals surface area contributed by atoms with Crippen molar-refractivity contribution in [2.24, 2.45) is 0 Å². The van der Waals surface area contributed by atoms with Gasteiger partial charge < -0.3 is 19.7 Å². The molecule has 7 heteroatoms. The summed E-state index contributed by atoms with van der Waals surface area (Å²) in [5.74, 6) is 0. The van der Waals surface area contributed by atoms with Gasteiger partial charge in [-0.15, -0.1) is 11.3 Å². The molecular formula is C16H25N3O3S. The molecule has 2 aliphatic heterocycles. The van der Waals surface area contributed by atoms with Crippen LogP contribution in [0.4, 0.5) is 4.79 Å². The van der Waals surface area contributed by atoms with Crippen LogP contribution in [0.5, 0.6) is 0 Å². The van der Waals surface area contributed by atoms with Crippen molar-refractivity contribution in [3.8, 4) is 0 Å². The number of carbonyl (C=O) groups is 1. The second kappa shape index (κ2) is 7.15. The second-order valence-corrected chi connectivity index (χ2v) is 7.55. The smallest absolute Gasteiger partial charge is 0.317 e. The fraction of sp³-hybridized carbons (Fsp3) is 0.750. The molecule has 0 saturated carbocycles. The topological polar surface area (TPSA) is 63.7 Å². The first kappa shape index (κ1) is 16.7. The van der Waals surface area contributed by atoms with E-state index in [2.05, 4.69) is 17.2 Å². The Hall–Kier alpha value is -1.18. The molecule has 1 spiro atoms. The van der Waals surface area contributed by atoms with E-state index >= 15 is 0 Å². The number of morpholine rings is 1. The van der Waals surface area contributed by atoms with Crippen molar-refractivity contribution in [3.05, 3.63) is 16.1 Å². The van der Waals surface area contributed by atoms with Gasteiger partial charge in [0, 0.05) is 43.6 Å². The van der Waals surface area contributed by atoms with Crippen molar-refractivity contribution < 1.29 is 14.3 Å². The number of rotatable bonds is 4. The maximum atomic E-state index is 12.4. The molecule has 0 aliphatic carbocycles. The van der Waals surface area contributed by atoms with Crippen LogP contribution in [0.1, 0.15) is 30.2 Å². The van der Waals surface area contributed by atoms with Crippen LogP contribution in [0.2, 0.25) is 0 Å². The summed E-state index contributed by atoms with van der Waals surface area (Å²) >= 11 is 1.72. The number of aryl methyl sites for hydroxylation is 1. The Kier molecular flexibility index (Phi) is 5.18. The minimum atomic E-state index is -0.305. The van der Waals surface area contributed by atoms with Crippen LogP contribution in [0.15, 0.2) is 6.20 Å². The van der Waals surface area contributed by atoms with Gasteiger partial charge in [-0.05, 0) is 13.3 Å². The summed E-state index contributed by atoms with van der Waals surface area (Å²) in [5, 5.41) is 4.09. The summed E-state index contributed by atoms with van der Waals surface area (Å²) < 4.78 is 11.5. The van der Waals surface area contributed by atoms with Crippen LogP contribution >= 0.6 is 11.3 Å². The molecule has 2 fully saturated rings. The van der Waals surface area contributed by atoms with E-state index < -0.39 is 0 Å². The summed E-state index contributed by atoms with van der Waals surface area (Å²) in [6.07, 6.45) is 4.63. The minimum absolute atomic E-state index is 0.0151. The number of urea groups is 1. The first-order valence-electron chi connectivity index (χ1n) is 8.32. The molecule has 1 N–H and O–H groups in total. The molecule has 1 aromatic heterocycles. The summed E-state index contributed by atoms with van der Waals surface area (Å²) in [7, 11) is 0. The molecule has 2 atom stereocenters. The molecule has 3 rings (SSSR count). The van der Waals surface area contributed by atoms with Gasteiger partial charge in [0.25, 0.3) is 0 Å². The van der Waals surface area contributed by atoms with E-state index in [-0.39, 0.29) is 17.7 Å². The number of nitrogens with one attached hydrogen (secondary N) is 1. The average molecular weight is 339 g/mol. The molecule has 23 heavy (non-hydrogen) atoms. The lowest BCUT2D eigenvalue weighted by atomic mass is 9.99. The number of carbonyl (C=O) groups excluding carboxylic acids is 1. The Morgan fingerprint density at radius 2 is 2.48 bits per heavy atom. The predicted molar refractivity (Wildman–Crippen MR) is 88.9 cm³/mol. The molecule has 2 aliphatic rings. The number of aromatic nitrogens is 1. The van der Waals surface area contributed by atoms with Gasteiger partial charge in [-0.25, -0.2) is 9.78 Å². The van der Waals surface area contributed by atoms with Gasteiger partial charge in [0.15, 0.2) is 0 Å². The Balaban J connectivity index is 1.49. The van der Waals surface area contributed by atoms with Crippen molar-refractivity contribution >= 4 is 17.4 Å². The van der Waals surface area contributed by atoms with Gasteiger partial charge in [-0.1, -0.05) is 6.92 Å². The molecule has 0 radical (unpaired) electrons. The number of amides is 2. The van der Waals surface area contributed by atoms with Crippen LogP contribution in [0.25, 0.3) is 0 Å². The number of hydrogen-bond acceptors (Lipinski definition) is 5. The Morgan fingerprint density at radius 1 is 1.61 bits per heavy atom. The highest BCUT2D eigenvalue weighted by Gasteiger charge is 2.43. The van der Waals surface area contributed by atoms with Gasteiger partial charge in [-0.3, -0.25) is 0 Å². The van der Waals surface area contributed by atoms with Gasteiger partial charge >= 0.3 is 6.03 Å². The molecule has 128 valence electrons. The first-order valence-corrected chi connectivity index (χ1v) is 9.14. The average Bonchev–Trinajstić information content (AvgIpc) is 3.16. The van der Waals surface area contributed by atoms with Crippen LogP contribution in [0.3, 0.4) is 0 Å². The van der Waals surface area contributed by atoms with Crippen molar-refractivity contribution in [2.75, 3.05) is 32.8 Å². The lowest BCUT2D eigenvalue weighted by Gasteiger charge is -2.42. The zero-order chi connectivity index (χ0) is 16.3. The SMILES string of the molecule is CCc1cnc(CCNC(=O)N2CC(C)OC3(CCOC3)C2)s1. The largest absolute Gasteiger partial charge is 0.378 e. The van der Waals surface area contributed by atoms with Crippen molar-refractivity contribution in [1.82, 2.24) is 15.2 Å². The van der Waals surface area contributed by atoms with Crippen molar-refractivity contribution in [3.63, 3.8) is 0 Å². The summed E-state index contributed by atoms with van der Waals surface area (Å²) in [5.41, 5.74) is -0.305. The molecular weight excluding hydrogens is 314 g/mol. The van der Waals surface area contributed by atoms with Crippen LogP contribution < -0.4 is 5.32 Å². The Bertz CT molecular complexity index is 542. The quantitative estimate of drug-likeness (QED) is 0.909. The lowest BCUT2D eigenvalue weighted by Crippen LogP contribution is -2.59. The van der Waals surface area contributed by atoms with Crippen LogP contribution in [-0.2, 0) is 22.3 Å². The van der Waals surface area contributed by atoms with E-state index in [1.807, 2.05) is 18.0 Å². The zero-order valence-corrected chi connectivity index (χ0v) is 14.7. The number of nitrogens with zero attached hydrogens (tertiary/aromatic N) is 2. The summed E-state index contributed by atoms with van der Waals surface area (Å²) in [6, 6.07) is -0.0151. The maximum Gasteiger partial charge on any atom is 0.317 e. The molecule has 0 bridgehead atoms. The molecule has 3 heterocycles. The normalized spacial score (nSPS) is 27.6. The highest BCUT2D eigenvalue weighted by Crippen LogP contribution is 2.29. The van der Waals surface area contributed by atoms with Crippen LogP contribution in [0, 0.1) is 0 Å². The van der Waals surface area contributed by atoms with Gasteiger partial charge in [0.1, 0.15) is 5.60 Å². The van der Waals surface area contributed by atoms with Gasteiger partial charge in [0.05, 0.1) is 24.3 Å². The monoisotopic (exact) mass is 339 g/mol. The molecule has 2 amide bonds. The van der Waals surface area contributed by atoms with Gasteiger partial charge in [-0.2, -0.15) is 0 Å². The first-order chi connectivity index (χ1) is 11.1. The summed E-state index contributed by atoms with van der Waals surface area (Å²) in [4.78, 5) is 20.0. The third kappa shape index (κ3) is 4.02. The molecule has 0 aromatic carbocycles. The standard InChI is InChI=1S/C16H25N3O3S/c1-3-13-8-18-14(23-13)4-6-17-15(20)19-9-12(2)22-16(10-19)5-7-21-11-16/h8,12H,3-7,9-11H2,1-2H3,(H,17,20).